The first-order chi connectivity index (χ1) is 10.5. The Labute approximate surface area is 130 Å². The molecule has 2 aliphatic rings. The van der Waals surface area contributed by atoms with Gasteiger partial charge in [0.25, 0.3) is 0 Å². The van der Waals surface area contributed by atoms with Crippen molar-refractivity contribution in [3.8, 4) is 0 Å². The molecule has 4 heteroatoms. The van der Waals surface area contributed by atoms with E-state index in [0.29, 0.717) is 0 Å². The molecule has 0 unspecified atom stereocenters. The third-order valence-electron chi connectivity index (χ3n) is 5.44. The van der Waals surface area contributed by atoms with Gasteiger partial charge in [-0.05, 0) is 50.5 Å². The van der Waals surface area contributed by atoms with E-state index in [0.717, 1.165) is 24.8 Å². The molecule has 118 valence electrons. The van der Waals surface area contributed by atoms with E-state index >= 15 is 0 Å². The van der Waals surface area contributed by atoms with Crippen LogP contribution in [0.4, 0.5) is 0 Å². The summed E-state index contributed by atoms with van der Waals surface area (Å²) < 4.78 is 0. The summed E-state index contributed by atoms with van der Waals surface area (Å²) in [5.74, 6) is -1.32. The van der Waals surface area contributed by atoms with Crippen LogP contribution in [0.3, 0.4) is 0 Å². The van der Waals surface area contributed by atoms with Gasteiger partial charge < -0.3 is 10.4 Å². The van der Waals surface area contributed by atoms with E-state index in [1.165, 1.54) is 5.56 Å². The summed E-state index contributed by atoms with van der Waals surface area (Å²) in [6, 6.07) is 7.97. The number of aryl methyl sites for hydroxylation is 1. The number of aliphatic carboxylic acids is 1. The molecule has 5 atom stereocenters. The molecule has 2 bridgehead atoms. The van der Waals surface area contributed by atoms with Crippen molar-refractivity contribution >= 4 is 11.9 Å². The quantitative estimate of drug-likeness (QED) is 0.898. The van der Waals surface area contributed by atoms with Crippen LogP contribution in [0.15, 0.2) is 24.3 Å². The van der Waals surface area contributed by atoms with E-state index in [9.17, 15) is 14.7 Å². The van der Waals surface area contributed by atoms with E-state index in [-0.39, 0.29) is 29.7 Å². The molecule has 0 heterocycles. The second kappa shape index (κ2) is 5.75. The van der Waals surface area contributed by atoms with Crippen molar-refractivity contribution in [1.82, 2.24) is 5.32 Å². The Morgan fingerprint density at radius 3 is 2.32 bits per heavy atom. The van der Waals surface area contributed by atoms with Crippen LogP contribution in [-0.4, -0.2) is 17.0 Å². The van der Waals surface area contributed by atoms with Crippen molar-refractivity contribution in [3.63, 3.8) is 0 Å². The smallest absolute Gasteiger partial charge is 0.307 e. The molecule has 0 aliphatic heterocycles. The van der Waals surface area contributed by atoms with E-state index < -0.39 is 11.9 Å². The fraction of sp³-hybridized carbons (Fsp3) is 0.556. The zero-order valence-corrected chi connectivity index (χ0v) is 13.1. The average Bonchev–Trinajstić information content (AvgIpc) is 3.08. The van der Waals surface area contributed by atoms with Crippen molar-refractivity contribution in [2.75, 3.05) is 0 Å². The highest BCUT2D eigenvalue weighted by Crippen LogP contribution is 2.52. The third-order valence-corrected chi connectivity index (χ3v) is 5.44. The van der Waals surface area contributed by atoms with Gasteiger partial charge in [-0.3, -0.25) is 9.59 Å². The predicted molar refractivity (Wildman–Crippen MR) is 83.2 cm³/mol. The number of fused-ring (bicyclic) bond motifs is 2. The van der Waals surface area contributed by atoms with Gasteiger partial charge in [-0.1, -0.05) is 29.8 Å². The SMILES string of the molecule is Cc1ccc([C@H](C)NC(=O)[C@H]2[C@H]3CC[C@@H](C3)[C@H]2C(=O)O)cc1. The molecule has 0 aromatic heterocycles. The number of carboxylic acid groups (broad SMARTS) is 1. The van der Waals surface area contributed by atoms with Gasteiger partial charge >= 0.3 is 5.97 Å². The minimum atomic E-state index is -0.810. The zero-order chi connectivity index (χ0) is 15.9. The predicted octanol–water partition coefficient (Wildman–Crippen LogP) is 2.92. The Bertz CT molecular complexity index is 580. The fourth-order valence-electron chi connectivity index (χ4n) is 4.27. The molecule has 22 heavy (non-hydrogen) atoms. The standard InChI is InChI=1S/C18H23NO3/c1-10-3-5-12(6-4-10)11(2)19-17(20)15-13-7-8-14(9-13)16(15)18(21)22/h3-6,11,13-16H,7-9H2,1-2H3,(H,19,20)(H,21,22)/t11-,13-,14-,15-,16+/m0/s1. The number of amides is 1. The molecule has 3 rings (SSSR count). The summed E-state index contributed by atoms with van der Waals surface area (Å²) in [6.07, 6.45) is 2.85. The van der Waals surface area contributed by atoms with Gasteiger partial charge in [0.05, 0.1) is 17.9 Å². The van der Waals surface area contributed by atoms with Gasteiger partial charge in [0.15, 0.2) is 0 Å². The zero-order valence-electron chi connectivity index (χ0n) is 13.1. The van der Waals surface area contributed by atoms with Crippen LogP contribution in [0.5, 0.6) is 0 Å². The number of carbonyl (C=O) groups is 2. The molecule has 2 N–H and O–H groups in total. The molecular weight excluding hydrogens is 278 g/mol. The monoisotopic (exact) mass is 301 g/mol. The second-order valence-electron chi connectivity index (χ2n) is 6.86. The average molecular weight is 301 g/mol. The summed E-state index contributed by atoms with van der Waals surface area (Å²) in [4.78, 5) is 24.1. The lowest BCUT2D eigenvalue weighted by molar-refractivity contribution is -0.149. The lowest BCUT2D eigenvalue weighted by atomic mass is 9.78. The number of carbonyl (C=O) groups excluding carboxylic acids is 1. The maximum atomic E-state index is 12.6. The largest absolute Gasteiger partial charge is 0.481 e. The summed E-state index contributed by atoms with van der Waals surface area (Å²) in [5, 5.41) is 12.5. The maximum Gasteiger partial charge on any atom is 0.307 e. The van der Waals surface area contributed by atoms with Crippen molar-refractivity contribution in [3.05, 3.63) is 35.4 Å². The topological polar surface area (TPSA) is 66.4 Å². The number of nitrogens with one attached hydrogen (secondary N) is 1. The van der Waals surface area contributed by atoms with Crippen LogP contribution < -0.4 is 5.32 Å². The van der Waals surface area contributed by atoms with Gasteiger partial charge in [-0.25, -0.2) is 0 Å². The van der Waals surface area contributed by atoms with Crippen molar-refractivity contribution in [2.45, 2.75) is 39.2 Å². The van der Waals surface area contributed by atoms with E-state index in [2.05, 4.69) is 5.32 Å². The minimum Gasteiger partial charge on any atom is -0.481 e. The molecule has 2 fully saturated rings. The molecule has 2 aliphatic carbocycles. The number of benzene rings is 1. The van der Waals surface area contributed by atoms with Gasteiger partial charge in [-0.2, -0.15) is 0 Å². The normalized spacial score (nSPS) is 31.0. The van der Waals surface area contributed by atoms with Crippen LogP contribution in [0.2, 0.25) is 0 Å². The second-order valence-corrected chi connectivity index (χ2v) is 6.86. The van der Waals surface area contributed by atoms with E-state index in [1.807, 2.05) is 38.1 Å². The summed E-state index contributed by atoms with van der Waals surface area (Å²) >= 11 is 0. The van der Waals surface area contributed by atoms with Crippen LogP contribution in [-0.2, 0) is 9.59 Å². The lowest BCUT2D eigenvalue weighted by Crippen LogP contribution is -2.42. The molecule has 0 spiro atoms. The van der Waals surface area contributed by atoms with Crippen LogP contribution >= 0.6 is 0 Å². The van der Waals surface area contributed by atoms with Gasteiger partial charge in [-0.15, -0.1) is 0 Å². The molecule has 0 saturated heterocycles. The summed E-state index contributed by atoms with van der Waals surface area (Å²) in [5.41, 5.74) is 2.23. The molecule has 2 saturated carbocycles. The van der Waals surface area contributed by atoms with Gasteiger partial charge in [0.2, 0.25) is 5.91 Å². The maximum absolute atomic E-state index is 12.6. The Balaban J connectivity index is 1.71. The molecular formula is C18H23NO3. The first kappa shape index (κ1) is 15.1. The molecule has 0 radical (unpaired) electrons. The molecule has 1 aromatic carbocycles. The van der Waals surface area contributed by atoms with Gasteiger partial charge in [0, 0.05) is 0 Å². The van der Waals surface area contributed by atoms with Crippen molar-refractivity contribution in [2.24, 2.45) is 23.7 Å². The Kier molecular flexibility index (Phi) is 3.94. The fourth-order valence-corrected chi connectivity index (χ4v) is 4.27. The first-order valence-corrected chi connectivity index (χ1v) is 8.07. The van der Waals surface area contributed by atoms with Crippen LogP contribution in [0.25, 0.3) is 0 Å². The summed E-state index contributed by atoms with van der Waals surface area (Å²) in [7, 11) is 0. The van der Waals surface area contributed by atoms with Crippen LogP contribution in [0, 0.1) is 30.6 Å². The Hall–Kier alpha value is -1.84. The Morgan fingerprint density at radius 2 is 1.73 bits per heavy atom. The number of rotatable bonds is 4. The highest BCUT2D eigenvalue weighted by molar-refractivity contribution is 5.86. The van der Waals surface area contributed by atoms with Crippen molar-refractivity contribution < 1.29 is 14.7 Å². The van der Waals surface area contributed by atoms with Crippen molar-refractivity contribution in [1.29, 1.82) is 0 Å². The van der Waals surface area contributed by atoms with E-state index in [1.54, 1.807) is 0 Å². The summed E-state index contributed by atoms with van der Waals surface area (Å²) in [6.45, 7) is 3.98. The number of carboxylic acids is 1. The first-order valence-electron chi connectivity index (χ1n) is 8.07. The van der Waals surface area contributed by atoms with Crippen LogP contribution in [0.1, 0.15) is 43.4 Å². The number of hydrogen-bond acceptors (Lipinski definition) is 2. The third kappa shape index (κ3) is 2.62. The van der Waals surface area contributed by atoms with Gasteiger partial charge in [0.1, 0.15) is 0 Å². The molecule has 4 nitrogen and oxygen atoms in total. The highest BCUT2D eigenvalue weighted by atomic mass is 16.4. The number of hydrogen-bond donors (Lipinski definition) is 2. The van der Waals surface area contributed by atoms with E-state index in [4.69, 9.17) is 0 Å². The highest BCUT2D eigenvalue weighted by Gasteiger charge is 2.54. The lowest BCUT2D eigenvalue weighted by Gasteiger charge is -2.28. The molecule has 1 aromatic rings. The Morgan fingerprint density at radius 1 is 1.14 bits per heavy atom. The molecule has 1 amide bonds. The minimum absolute atomic E-state index is 0.0901.